The molecular formula is C22H25N3O4. The molecule has 0 unspecified atom stereocenters. The minimum Gasteiger partial charge on any atom is -0.497 e. The smallest absolute Gasteiger partial charge is 0.325 e. The fourth-order valence-corrected chi connectivity index (χ4v) is 3.39. The molecule has 1 atom stereocenters. The topological polar surface area (TPSA) is 87.7 Å². The van der Waals surface area contributed by atoms with Crippen LogP contribution in [0, 0.1) is 6.92 Å². The Balaban J connectivity index is 1.60. The van der Waals surface area contributed by atoms with Crippen LogP contribution in [0.3, 0.4) is 0 Å². The number of nitrogens with zero attached hydrogens (tertiary/aromatic N) is 1. The first kappa shape index (κ1) is 20.4. The molecule has 152 valence electrons. The highest BCUT2D eigenvalue weighted by Gasteiger charge is 2.49. The lowest BCUT2D eigenvalue weighted by molar-refractivity contribution is -0.134. The number of imide groups is 1. The summed E-state index contributed by atoms with van der Waals surface area (Å²) in [6.07, 6.45) is 0.683. The zero-order chi connectivity index (χ0) is 21.0. The van der Waals surface area contributed by atoms with Gasteiger partial charge in [0.05, 0.1) is 7.11 Å². The number of aryl methyl sites for hydroxylation is 1. The summed E-state index contributed by atoms with van der Waals surface area (Å²) in [5.74, 6) is -0.179. The molecule has 29 heavy (non-hydrogen) atoms. The van der Waals surface area contributed by atoms with Crippen LogP contribution < -0.4 is 15.4 Å². The second-order valence-corrected chi connectivity index (χ2v) is 7.20. The van der Waals surface area contributed by atoms with E-state index in [1.54, 1.807) is 38.3 Å². The number of amides is 4. The minimum atomic E-state index is -1.22. The van der Waals surface area contributed by atoms with Gasteiger partial charge in [0.15, 0.2) is 0 Å². The van der Waals surface area contributed by atoms with Gasteiger partial charge < -0.3 is 15.4 Å². The Morgan fingerprint density at radius 1 is 1.14 bits per heavy atom. The lowest BCUT2D eigenvalue weighted by atomic mass is 9.92. The van der Waals surface area contributed by atoms with E-state index in [0.717, 1.165) is 16.0 Å². The maximum atomic E-state index is 12.9. The van der Waals surface area contributed by atoms with Crippen molar-refractivity contribution in [2.75, 3.05) is 20.2 Å². The van der Waals surface area contributed by atoms with E-state index in [-0.39, 0.29) is 12.5 Å². The van der Waals surface area contributed by atoms with Gasteiger partial charge in [-0.2, -0.15) is 0 Å². The Morgan fingerprint density at radius 2 is 1.83 bits per heavy atom. The van der Waals surface area contributed by atoms with Crippen LogP contribution in [0.4, 0.5) is 4.79 Å². The molecule has 7 nitrogen and oxygen atoms in total. The number of ether oxygens (including phenoxy) is 1. The third kappa shape index (κ3) is 4.23. The van der Waals surface area contributed by atoms with Crippen molar-refractivity contribution >= 4 is 17.8 Å². The second-order valence-electron chi connectivity index (χ2n) is 7.20. The van der Waals surface area contributed by atoms with Crippen LogP contribution in [0.15, 0.2) is 48.5 Å². The average molecular weight is 395 g/mol. The first-order valence-corrected chi connectivity index (χ1v) is 9.45. The Kier molecular flexibility index (Phi) is 5.87. The van der Waals surface area contributed by atoms with Gasteiger partial charge in [-0.25, -0.2) is 4.79 Å². The van der Waals surface area contributed by atoms with Gasteiger partial charge in [0.2, 0.25) is 5.91 Å². The molecule has 4 amide bonds. The molecule has 0 aromatic heterocycles. The highest BCUT2D eigenvalue weighted by atomic mass is 16.5. The summed E-state index contributed by atoms with van der Waals surface area (Å²) in [6.45, 7) is 3.77. The van der Waals surface area contributed by atoms with Gasteiger partial charge in [-0.1, -0.05) is 36.4 Å². The molecule has 0 aliphatic carbocycles. The van der Waals surface area contributed by atoms with Crippen LogP contribution in [0.1, 0.15) is 23.6 Å². The van der Waals surface area contributed by atoms with Crippen LogP contribution in [-0.2, 0) is 21.5 Å². The van der Waals surface area contributed by atoms with Crippen molar-refractivity contribution in [3.63, 3.8) is 0 Å². The number of carbonyl (C=O) groups excluding carboxylic acids is 3. The SMILES string of the molecule is COc1ccc([C@]2(C)NC(=O)N(CC(=O)NCCc3ccccc3C)C2=O)cc1. The zero-order valence-corrected chi connectivity index (χ0v) is 16.8. The van der Waals surface area contributed by atoms with E-state index in [0.29, 0.717) is 24.3 Å². The monoisotopic (exact) mass is 395 g/mol. The Morgan fingerprint density at radius 3 is 2.48 bits per heavy atom. The summed E-state index contributed by atoms with van der Waals surface area (Å²) < 4.78 is 5.13. The largest absolute Gasteiger partial charge is 0.497 e. The molecule has 1 aliphatic rings. The van der Waals surface area contributed by atoms with Crippen molar-refractivity contribution < 1.29 is 19.1 Å². The molecule has 3 rings (SSSR count). The minimum absolute atomic E-state index is 0.315. The molecular weight excluding hydrogens is 370 g/mol. The van der Waals surface area contributed by atoms with Crippen molar-refractivity contribution in [2.24, 2.45) is 0 Å². The van der Waals surface area contributed by atoms with E-state index in [9.17, 15) is 14.4 Å². The van der Waals surface area contributed by atoms with E-state index >= 15 is 0 Å². The molecule has 1 aliphatic heterocycles. The van der Waals surface area contributed by atoms with Crippen LogP contribution >= 0.6 is 0 Å². The van der Waals surface area contributed by atoms with Crippen LogP contribution in [0.2, 0.25) is 0 Å². The molecule has 0 saturated carbocycles. The Hall–Kier alpha value is -3.35. The predicted molar refractivity (Wildman–Crippen MR) is 108 cm³/mol. The van der Waals surface area contributed by atoms with Crippen molar-refractivity contribution in [3.05, 3.63) is 65.2 Å². The number of hydrogen-bond donors (Lipinski definition) is 2. The molecule has 1 fully saturated rings. The summed E-state index contributed by atoms with van der Waals surface area (Å²) >= 11 is 0. The molecule has 2 N–H and O–H groups in total. The Bertz CT molecular complexity index is 926. The molecule has 2 aromatic rings. The third-order valence-corrected chi connectivity index (χ3v) is 5.22. The van der Waals surface area contributed by atoms with Crippen molar-refractivity contribution in [1.82, 2.24) is 15.5 Å². The van der Waals surface area contributed by atoms with Crippen LogP contribution in [-0.4, -0.2) is 42.9 Å². The van der Waals surface area contributed by atoms with E-state index in [4.69, 9.17) is 4.74 Å². The van der Waals surface area contributed by atoms with Crippen LogP contribution in [0.25, 0.3) is 0 Å². The Labute approximate surface area is 170 Å². The summed E-state index contributed by atoms with van der Waals surface area (Å²) in [6, 6.07) is 14.3. The van der Waals surface area contributed by atoms with Gasteiger partial charge in [0.1, 0.15) is 17.8 Å². The molecule has 0 radical (unpaired) electrons. The first-order chi connectivity index (χ1) is 13.8. The highest BCUT2D eigenvalue weighted by molar-refractivity contribution is 6.09. The third-order valence-electron chi connectivity index (χ3n) is 5.22. The van der Waals surface area contributed by atoms with Gasteiger partial charge in [0, 0.05) is 6.54 Å². The van der Waals surface area contributed by atoms with Gasteiger partial charge in [0.25, 0.3) is 5.91 Å². The maximum absolute atomic E-state index is 12.9. The summed E-state index contributed by atoms with van der Waals surface area (Å²) in [5, 5.41) is 5.47. The van der Waals surface area contributed by atoms with Crippen molar-refractivity contribution in [2.45, 2.75) is 25.8 Å². The summed E-state index contributed by atoms with van der Waals surface area (Å²) in [7, 11) is 1.55. The van der Waals surface area contributed by atoms with Gasteiger partial charge in [-0.3, -0.25) is 14.5 Å². The number of rotatable bonds is 7. The predicted octanol–water partition coefficient (Wildman–Crippen LogP) is 2.13. The lowest BCUT2D eigenvalue weighted by Gasteiger charge is -2.22. The van der Waals surface area contributed by atoms with Gasteiger partial charge in [-0.05, 0) is 49.1 Å². The highest BCUT2D eigenvalue weighted by Crippen LogP contribution is 2.29. The normalized spacial score (nSPS) is 18.5. The number of urea groups is 1. The summed E-state index contributed by atoms with van der Waals surface area (Å²) in [5.41, 5.74) is 1.71. The molecule has 7 heteroatoms. The second kappa shape index (κ2) is 8.34. The standard InChI is InChI=1S/C22H25N3O4/c1-15-6-4-5-7-16(15)12-13-23-19(26)14-25-20(27)22(2,24-21(25)28)17-8-10-18(29-3)11-9-17/h4-11H,12-14H2,1-3H3,(H,23,26)(H,24,28)/t22-/m0/s1. The van der Waals surface area contributed by atoms with Crippen molar-refractivity contribution in [1.29, 1.82) is 0 Å². The van der Waals surface area contributed by atoms with Gasteiger partial charge in [-0.15, -0.1) is 0 Å². The fraction of sp³-hybridized carbons (Fsp3) is 0.318. The number of methoxy groups -OCH3 is 1. The molecule has 0 bridgehead atoms. The molecule has 0 spiro atoms. The molecule has 1 saturated heterocycles. The number of hydrogen-bond acceptors (Lipinski definition) is 4. The number of nitrogens with one attached hydrogen (secondary N) is 2. The van der Waals surface area contributed by atoms with E-state index in [1.165, 1.54) is 0 Å². The average Bonchev–Trinajstić information content (AvgIpc) is 2.93. The number of carbonyl (C=O) groups is 3. The molecule has 2 aromatic carbocycles. The number of benzene rings is 2. The maximum Gasteiger partial charge on any atom is 0.325 e. The fourth-order valence-electron chi connectivity index (χ4n) is 3.39. The van der Waals surface area contributed by atoms with Gasteiger partial charge >= 0.3 is 6.03 Å². The van der Waals surface area contributed by atoms with Crippen molar-refractivity contribution in [3.8, 4) is 5.75 Å². The zero-order valence-electron chi connectivity index (χ0n) is 16.8. The molecule has 1 heterocycles. The quantitative estimate of drug-likeness (QED) is 0.703. The first-order valence-electron chi connectivity index (χ1n) is 9.45. The lowest BCUT2D eigenvalue weighted by Crippen LogP contribution is -2.43. The van der Waals surface area contributed by atoms with E-state index in [1.807, 2.05) is 31.2 Å². The van der Waals surface area contributed by atoms with E-state index in [2.05, 4.69) is 10.6 Å². The van der Waals surface area contributed by atoms with E-state index < -0.39 is 17.5 Å². The summed E-state index contributed by atoms with van der Waals surface area (Å²) in [4.78, 5) is 38.5. The van der Waals surface area contributed by atoms with Crippen LogP contribution in [0.5, 0.6) is 5.75 Å².